The summed E-state index contributed by atoms with van der Waals surface area (Å²) in [5, 5.41) is 0. The third kappa shape index (κ3) is 7.79. The smallest absolute Gasteiger partial charge is 0.0265 e. The number of rotatable bonds is 6. The fourth-order valence-electron chi connectivity index (χ4n) is 1.67. The fourth-order valence-corrected chi connectivity index (χ4v) is 1.67. The summed E-state index contributed by atoms with van der Waals surface area (Å²) in [6.07, 6.45) is 7.13. The summed E-state index contributed by atoms with van der Waals surface area (Å²) in [5.41, 5.74) is 2.81. The lowest BCUT2D eigenvalue weighted by Gasteiger charge is -2.05. The molecule has 0 aromatic heterocycles. The lowest BCUT2D eigenvalue weighted by atomic mass is 10.0. The second-order valence-electron chi connectivity index (χ2n) is 4.44. The van der Waals surface area contributed by atoms with E-state index in [1.54, 1.807) is 0 Å². The minimum atomic E-state index is 0.669. The SMILES string of the molecule is C=CC(C)CCCCc1ccc(C)cc1.CC. The highest BCUT2D eigenvalue weighted by Crippen LogP contribution is 2.12. The van der Waals surface area contributed by atoms with Crippen molar-refractivity contribution in [3.63, 3.8) is 0 Å². The fraction of sp³-hybridized carbons (Fsp3) is 0.529. The maximum Gasteiger partial charge on any atom is -0.0265 e. The number of allylic oxidation sites excluding steroid dienone is 1. The van der Waals surface area contributed by atoms with E-state index in [9.17, 15) is 0 Å². The number of benzene rings is 1. The van der Waals surface area contributed by atoms with E-state index < -0.39 is 0 Å². The minimum Gasteiger partial charge on any atom is -0.103 e. The molecule has 1 atom stereocenters. The Labute approximate surface area is 108 Å². The third-order valence-corrected chi connectivity index (χ3v) is 2.90. The Morgan fingerprint density at radius 2 is 1.71 bits per heavy atom. The van der Waals surface area contributed by atoms with E-state index in [1.165, 1.54) is 36.8 Å². The molecular formula is C17H28. The molecule has 0 heterocycles. The predicted molar refractivity (Wildman–Crippen MR) is 79.4 cm³/mol. The van der Waals surface area contributed by atoms with Gasteiger partial charge in [0.05, 0.1) is 0 Å². The summed E-state index contributed by atoms with van der Waals surface area (Å²) in [4.78, 5) is 0. The zero-order valence-electron chi connectivity index (χ0n) is 12.0. The van der Waals surface area contributed by atoms with Gasteiger partial charge in [-0.05, 0) is 37.7 Å². The van der Waals surface area contributed by atoms with Crippen LogP contribution >= 0.6 is 0 Å². The molecule has 0 N–H and O–H groups in total. The molecule has 0 bridgehead atoms. The van der Waals surface area contributed by atoms with Gasteiger partial charge >= 0.3 is 0 Å². The molecule has 0 aliphatic rings. The second kappa shape index (κ2) is 10.1. The van der Waals surface area contributed by atoms with E-state index >= 15 is 0 Å². The van der Waals surface area contributed by atoms with Gasteiger partial charge in [-0.15, -0.1) is 6.58 Å². The Morgan fingerprint density at radius 1 is 1.12 bits per heavy atom. The van der Waals surface area contributed by atoms with Crippen LogP contribution in [0.2, 0.25) is 0 Å². The largest absolute Gasteiger partial charge is 0.103 e. The van der Waals surface area contributed by atoms with Crippen LogP contribution in [0.15, 0.2) is 36.9 Å². The van der Waals surface area contributed by atoms with Gasteiger partial charge in [0.15, 0.2) is 0 Å². The van der Waals surface area contributed by atoms with Gasteiger partial charge in [0, 0.05) is 0 Å². The number of hydrogen-bond acceptors (Lipinski definition) is 0. The molecule has 1 aromatic rings. The molecule has 0 saturated carbocycles. The van der Waals surface area contributed by atoms with Crippen LogP contribution in [-0.2, 0) is 6.42 Å². The van der Waals surface area contributed by atoms with Crippen molar-refractivity contribution < 1.29 is 0 Å². The first-order chi connectivity index (χ1) is 8.22. The van der Waals surface area contributed by atoms with Gasteiger partial charge in [-0.25, -0.2) is 0 Å². The molecule has 0 radical (unpaired) electrons. The maximum absolute atomic E-state index is 3.81. The highest BCUT2D eigenvalue weighted by molar-refractivity contribution is 5.21. The van der Waals surface area contributed by atoms with E-state index in [0.29, 0.717) is 5.92 Å². The Bertz CT molecular complexity index is 281. The average molecular weight is 232 g/mol. The highest BCUT2D eigenvalue weighted by Gasteiger charge is 1.97. The third-order valence-electron chi connectivity index (χ3n) is 2.90. The summed E-state index contributed by atoms with van der Waals surface area (Å²) in [5.74, 6) is 0.669. The predicted octanol–water partition coefficient (Wildman–Crippen LogP) is 5.56. The van der Waals surface area contributed by atoms with Gasteiger partial charge in [-0.2, -0.15) is 0 Å². The molecule has 1 rings (SSSR count). The van der Waals surface area contributed by atoms with Crippen LogP contribution in [0, 0.1) is 12.8 Å². The minimum absolute atomic E-state index is 0.669. The van der Waals surface area contributed by atoms with Gasteiger partial charge < -0.3 is 0 Å². The van der Waals surface area contributed by atoms with Crippen LogP contribution in [-0.4, -0.2) is 0 Å². The number of unbranched alkanes of at least 4 members (excludes halogenated alkanes) is 1. The highest BCUT2D eigenvalue weighted by atomic mass is 14.0. The normalized spacial score (nSPS) is 11.3. The van der Waals surface area contributed by atoms with Crippen LogP contribution in [0.5, 0.6) is 0 Å². The van der Waals surface area contributed by atoms with E-state index in [4.69, 9.17) is 0 Å². The molecule has 0 nitrogen and oxygen atoms in total. The molecular weight excluding hydrogens is 204 g/mol. The second-order valence-corrected chi connectivity index (χ2v) is 4.44. The molecule has 0 heteroatoms. The van der Waals surface area contributed by atoms with E-state index in [0.717, 1.165) is 0 Å². The van der Waals surface area contributed by atoms with Crippen molar-refractivity contribution in [1.29, 1.82) is 0 Å². The van der Waals surface area contributed by atoms with Crippen LogP contribution < -0.4 is 0 Å². The summed E-state index contributed by atoms with van der Waals surface area (Å²) >= 11 is 0. The molecule has 0 amide bonds. The molecule has 0 aliphatic carbocycles. The Kier molecular flexibility index (Phi) is 9.52. The molecule has 1 unspecified atom stereocenters. The number of hydrogen-bond donors (Lipinski definition) is 0. The summed E-state index contributed by atoms with van der Waals surface area (Å²) in [6, 6.07) is 8.88. The van der Waals surface area contributed by atoms with Gasteiger partial charge in [-0.3, -0.25) is 0 Å². The quantitative estimate of drug-likeness (QED) is 0.445. The van der Waals surface area contributed by atoms with Gasteiger partial charge in [0.25, 0.3) is 0 Å². The first-order valence-corrected chi connectivity index (χ1v) is 6.90. The summed E-state index contributed by atoms with van der Waals surface area (Å²) < 4.78 is 0. The molecule has 17 heavy (non-hydrogen) atoms. The van der Waals surface area contributed by atoms with E-state index in [1.807, 2.05) is 19.9 Å². The van der Waals surface area contributed by atoms with E-state index in [2.05, 4.69) is 44.7 Å². The average Bonchev–Trinajstić information content (AvgIpc) is 2.39. The van der Waals surface area contributed by atoms with Crippen molar-refractivity contribution in [1.82, 2.24) is 0 Å². The molecule has 0 spiro atoms. The molecule has 0 aliphatic heterocycles. The van der Waals surface area contributed by atoms with Crippen LogP contribution in [0.4, 0.5) is 0 Å². The first kappa shape index (κ1) is 16.0. The van der Waals surface area contributed by atoms with Crippen molar-refractivity contribution in [2.75, 3.05) is 0 Å². The Hall–Kier alpha value is -1.04. The van der Waals surface area contributed by atoms with Crippen molar-refractivity contribution in [2.24, 2.45) is 5.92 Å². The topological polar surface area (TPSA) is 0 Å². The monoisotopic (exact) mass is 232 g/mol. The van der Waals surface area contributed by atoms with Crippen molar-refractivity contribution in [2.45, 2.75) is 53.4 Å². The van der Waals surface area contributed by atoms with Gasteiger partial charge in [-0.1, -0.05) is 63.1 Å². The first-order valence-electron chi connectivity index (χ1n) is 6.90. The number of aryl methyl sites for hydroxylation is 2. The summed E-state index contributed by atoms with van der Waals surface area (Å²) in [6.45, 7) is 12.2. The molecule has 96 valence electrons. The molecule has 1 aromatic carbocycles. The van der Waals surface area contributed by atoms with Crippen molar-refractivity contribution >= 4 is 0 Å². The maximum atomic E-state index is 3.81. The lowest BCUT2D eigenvalue weighted by Crippen LogP contribution is -1.91. The van der Waals surface area contributed by atoms with E-state index in [-0.39, 0.29) is 0 Å². The molecule has 0 fully saturated rings. The Morgan fingerprint density at radius 3 is 2.24 bits per heavy atom. The van der Waals surface area contributed by atoms with Gasteiger partial charge in [0.2, 0.25) is 0 Å². The lowest BCUT2D eigenvalue weighted by molar-refractivity contribution is 0.582. The zero-order chi connectivity index (χ0) is 13.1. The van der Waals surface area contributed by atoms with Crippen molar-refractivity contribution in [3.8, 4) is 0 Å². The van der Waals surface area contributed by atoms with Crippen LogP contribution in [0.25, 0.3) is 0 Å². The Balaban J connectivity index is 0.00000121. The van der Waals surface area contributed by atoms with Crippen molar-refractivity contribution in [3.05, 3.63) is 48.0 Å². The standard InChI is InChI=1S/C15H22.C2H6/c1-4-13(2)7-5-6-8-15-11-9-14(3)10-12-15;1-2/h4,9-13H,1,5-8H2,2-3H3;1-2H3. The molecule has 0 saturated heterocycles. The van der Waals surface area contributed by atoms with Gasteiger partial charge in [0.1, 0.15) is 0 Å². The van der Waals surface area contributed by atoms with Crippen LogP contribution in [0.3, 0.4) is 0 Å². The van der Waals surface area contributed by atoms with Crippen LogP contribution in [0.1, 0.15) is 51.2 Å². The summed E-state index contributed by atoms with van der Waals surface area (Å²) in [7, 11) is 0. The zero-order valence-corrected chi connectivity index (χ0v) is 12.0.